The molecule has 170 valence electrons. The topological polar surface area (TPSA) is 70.2 Å². The van der Waals surface area contributed by atoms with E-state index in [2.05, 4.69) is 55.2 Å². The number of thioether (sulfide) groups is 1. The summed E-state index contributed by atoms with van der Waals surface area (Å²) in [6.45, 7) is 7.05. The molecule has 0 unspecified atom stereocenters. The van der Waals surface area contributed by atoms with E-state index in [1.54, 1.807) is 37.6 Å². The molecule has 0 spiro atoms. The van der Waals surface area contributed by atoms with Gasteiger partial charge < -0.3 is 9.15 Å². The molecule has 0 fully saturated rings. The third-order valence-electron chi connectivity index (χ3n) is 5.36. The van der Waals surface area contributed by atoms with Crippen LogP contribution in [0.1, 0.15) is 42.5 Å². The second-order valence-electron chi connectivity index (χ2n) is 8.74. The number of carbonyl (C=O) groups is 1. The van der Waals surface area contributed by atoms with Crippen molar-refractivity contribution >= 4 is 17.5 Å². The van der Waals surface area contributed by atoms with Gasteiger partial charge in [-0.2, -0.15) is 0 Å². The van der Waals surface area contributed by atoms with E-state index in [9.17, 15) is 4.79 Å². The molecule has 0 saturated carbocycles. The summed E-state index contributed by atoms with van der Waals surface area (Å²) < 4.78 is 12.7. The van der Waals surface area contributed by atoms with Gasteiger partial charge in [0.25, 0.3) is 0 Å². The molecule has 2 heterocycles. The van der Waals surface area contributed by atoms with Gasteiger partial charge in [-0.3, -0.25) is 9.36 Å². The molecule has 6 nitrogen and oxygen atoms in total. The molecule has 7 heteroatoms. The minimum Gasteiger partial charge on any atom is -0.497 e. The summed E-state index contributed by atoms with van der Waals surface area (Å²) in [5.74, 6) is 2.54. The van der Waals surface area contributed by atoms with Gasteiger partial charge in [-0.1, -0.05) is 56.8 Å². The van der Waals surface area contributed by atoms with Crippen molar-refractivity contribution in [2.24, 2.45) is 0 Å². The van der Waals surface area contributed by atoms with Gasteiger partial charge >= 0.3 is 0 Å². The van der Waals surface area contributed by atoms with Gasteiger partial charge in [0.05, 0.1) is 25.7 Å². The third-order valence-corrected chi connectivity index (χ3v) is 6.33. The summed E-state index contributed by atoms with van der Waals surface area (Å²) in [6, 6.07) is 19.3. The van der Waals surface area contributed by atoms with E-state index in [0.717, 1.165) is 22.9 Å². The first kappa shape index (κ1) is 22.9. The predicted octanol–water partition coefficient (Wildman–Crippen LogP) is 5.87. The van der Waals surface area contributed by atoms with E-state index in [-0.39, 0.29) is 17.0 Å². The van der Waals surface area contributed by atoms with Crippen LogP contribution in [0.2, 0.25) is 0 Å². The standard InChI is InChI=1S/C26H27N3O3S/c1-26(2,3)20-11-7-19(8-12-20)24-27-28-25(29(24)16-22-6-5-15-32-22)33-17-23(30)18-9-13-21(31-4)14-10-18/h5-15H,16-17H2,1-4H3. The van der Waals surface area contributed by atoms with Gasteiger partial charge in [-0.15, -0.1) is 10.2 Å². The molecule has 0 N–H and O–H groups in total. The lowest BCUT2D eigenvalue weighted by molar-refractivity contribution is 0.102. The second kappa shape index (κ2) is 9.67. The largest absolute Gasteiger partial charge is 0.497 e. The van der Waals surface area contributed by atoms with Crippen molar-refractivity contribution in [2.45, 2.75) is 37.9 Å². The minimum atomic E-state index is 0.0197. The van der Waals surface area contributed by atoms with Crippen molar-refractivity contribution in [1.82, 2.24) is 14.8 Å². The van der Waals surface area contributed by atoms with Gasteiger partial charge in [0.1, 0.15) is 11.5 Å². The van der Waals surface area contributed by atoms with Crippen molar-refractivity contribution < 1.29 is 13.9 Å². The SMILES string of the molecule is COc1ccc(C(=O)CSc2nnc(-c3ccc(C(C)(C)C)cc3)n2Cc2ccco2)cc1. The lowest BCUT2D eigenvalue weighted by Gasteiger charge is -2.19. The quantitative estimate of drug-likeness (QED) is 0.241. The van der Waals surface area contributed by atoms with Crippen LogP contribution in [-0.2, 0) is 12.0 Å². The van der Waals surface area contributed by atoms with E-state index in [4.69, 9.17) is 9.15 Å². The van der Waals surface area contributed by atoms with Crippen molar-refractivity contribution in [2.75, 3.05) is 12.9 Å². The molecule has 0 bridgehead atoms. The fourth-order valence-corrected chi connectivity index (χ4v) is 4.25. The van der Waals surface area contributed by atoms with Crippen molar-refractivity contribution in [3.63, 3.8) is 0 Å². The lowest BCUT2D eigenvalue weighted by atomic mass is 9.87. The zero-order chi connectivity index (χ0) is 23.4. The minimum absolute atomic E-state index is 0.0197. The molecular formula is C26H27N3O3S. The van der Waals surface area contributed by atoms with Crippen LogP contribution in [-0.4, -0.2) is 33.4 Å². The van der Waals surface area contributed by atoms with E-state index >= 15 is 0 Å². The Bertz CT molecular complexity index is 1210. The molecule has 0 aliphatic heterocycles. The highest BCUT2D eigenvalue weighted by molar-refractivity contribution is 7.99. The Morgan fingerprint density at radius 2 is 1.76 bits per heavy atom. The van der Waals surface area contributed by atoms with E-state index in [1.165, 1.54) is 17.3 Å². The highest BCUT2D eigenvalue weighted by atomic mass is 32.2. The fraction of sp³-hybridized carbons (Fsp3) is 0.269. The maximum Gasteiger partial charge on any atom is 0.192 e. The van der Waals surface area contributed by atoms with Gasteiger partial charge in [-0.05, 0) is 47.4 Å². The van der Waals surface area contributed by atoms with Crippen LogP contribution in [0.3, 0.4) is 0 Å². The van der Waals surface area contributed by atoms with Crippen LogP contribution in [0.15, 0.2) is 76.5 Å². The molecule has 0 aliphatic carbocycles. The number of ether oxygens (including phenoxy) is 1. The fourth-order valence-electron chi connectivity index (χ4n) is 3.42. The molecular weight excluding hydrogens is 434 g/mol. The van der Waals surface area contributed by atoms with Crippen LogP contribution >= 0.6 is 11.8 Å². The molecule has 0 radical (unpaired) electrons. The Balaban J connectivity index is 1.58. The summed E-state index contributed by atoms with van der Waals surface area (Å²) in [5, 5.41) is 9.52. The molecule has 0 saturated heterocycles. The van der Waals surface area contributed by atoms with Crippen molar-refractivity contribution in [1.29, 1.82) is 0 Å². The monoisotopic (exact) mass is 461 g/mol. The average Bonchev–Trinajstić information content (AvgIpc) is 3.47. The number of rotatable bonds is 8. The molecule has 0 amide bonds. The molecule has 4 rings (SSSR count). The highest BCUT2D eigenvalue weighted by Crippen LogP contribution is 2.29. The number of nitrogens with zero attached hydrogens (tertiary/aromatic N) is 3. The summed E-state index contributed by atoms with van der Waals surface area (Å²) >= 11 is 1.37. The van der Waals surface area contributed by atoms with Gasteiger partial charge in [0.2, 0.25) is 0 Å². The number of carbonyl (C=O) groups excluding carboxylic acids is 1. The number of hydrogen-bond acceptors (Lipinski definition) is 6. The molecule has 2 aromatic carbocycles. The van der Waals surface area contributed by atoms with E-state index in [0.29, 0.717) is 17.3 Å². The Labute approximate surface area is 198 Å². The number of furan rings is 1. The summed E-state index contributed by atoms with van der Waals surface area (Å²) in [5.41, 5.74) is 2.93. The molecule has 0 atom stereocenters. The van der Waals surface area contributed by atoms with Crippen LogP contribution in [0.4, 0.5) is 0 Å². The number of ketones is 1. The van der Waals surface area contributed by atoms with Crippen molar-refractivity contribution in [3.8, 4) is 17.1 Å². The highest BCUT2D eigenvalue weighted by Gasteiger charge is 2.19. The first-order valence-electron chi connectivity index (χ1n) is 10.7. The predicted molar refractivity (Wildman–Crippen MR) is 130 cm³/mol. The van der Waals surface area contributed by atoms with E-state index in [1.807, 2.05) is 16.7 Å². The average molecular weight is 462 g/mol. The van der Waals surface area contributed by atoms with Crippen molar-refractivity contribution in [3.05, 3.63) is 83.8 Å². The molecule has 33 heavy (non-hydrogen) atoms. The first-order chi connectivity index (χ1) is 15.8. The number of methoxy groups -OCH3 is 1. The third kappa shape index (κ3) is 5.37. The lowest BCUT2D eigenvalue weighted by Crippen LogP contribution is -2.10. The number of benzene rings is 2. The maximum atomic E-state index is 12.7. The Morgan fingerprint density at radius 3 is 2.36 bits per heavy atom. The maximum absolute atomic E-state index is 12.7. The van der Waals surface area contributed by atoms with E-state index < -0.39 is 0 Å². The van der Waals surface area contributed by atoms with Crippen LogP contribution in [0.25, 0.3) is 11.4 Å². The van der Waals surface area contributed by atoms with Gasteiger partial charge in [0, 0.05) is 11.1 Å². The van der Waals surface area contributed by atoms with Gasteiger partial charge in [-0.25, -0.2) is 0 Å². The second-order valence-corrected chi connectivity index (χ2v) is 9.68. The molecule has 2 aromatic heterocycles. The van der Waals surface area contributed by atoms with Gasteiger partial charge in [0.15, 0.2) is 16.8 Å². The Morgan fingerprint density at radius 1 is 1.03 bits per heavy atom. The number of Topliss-reactive ketones (excluding diaryl/α,β-unsaturated/α-hetero) is 1. The zero-order valence-electron chi connectivity index (χ0n) is 19.2. The summed E-state index contributed by atoms with van der Waals surface area (Å²) in [6.07, 6.45) is 1.65. The Hall–Kier alpha value is -3.32. The summed E-state index contributed by atoms with van der Waals surface area (Å²) in [4.78, 5) is 12.7. The van der Waals surface area contributed by atoms with Crippen LogP contribution in [0.5, 0.6) is 5.75 Å². The zero-order valence-corrected chi connectivity index (χ0v) is 20.1. The van der Waals surface area contributed by atoms with Crippen LogP contribution in [0, 0.1) is 0 Å². The first-order valence-corrected chi connectivity index (χ1v) is 11.7. The smallest absolute Gasteiger partial charge is 0.192 e. The number of hydrogen-bond donors (Lipinski definition) is 0. The van der Waals surface area contributed by atoms with Crippen LogP contribution < -0.4 is 4.74 Å². The Kier molecular flexibility index (Phi) is 6.70. The number of aromatic nitrogens is 3. The molecule has 0 aliphatic rings. The summed E-state index contributed by atoms with van der Waals surface area (Å²) in [7, 11) is 1.60. The normalized spacial score (nSPS) is 11.5. The molecule has 4 aromatic rings.